The molecule has 0 aliphatic carbocycles. The van der Waals surface area contributed by atoms with Crippen LogP contribution in [0.4, 0.5) is 5.69 Å². The molecule has 0 bridgehead atoms. The van der Waals surface area contributed by atoms with E-state index < -0.39 is 27.6 Å². The molecule has 0 radical (unpaired) electrons. The van der Waals surface area contributed by atoms with Crippen molar-refractivity contribution >= 4 is 21.7 Å². The predicted molar refractivity (Wildman–Crippen MR) is 84.8 cm³/mol. The van der Waals surface area contributed by atoms with Crippen molar-refractivity contribution in [1.82, 2.24) is 4.31 Å². The lowest BCUT2D eigenvalue weighted by Gasteiger charge is -2.17. The van der Waals surface area contributed by atoms with E-state index in [1.807, 2.05) is 0 Å². The first-order chi connectivity index (χ1) is 11.3. The highest BCUT2D eigenvalue weighted by molar-refractivity contribution is 7.89. The van der Waals surface area contributed by atoms with Gasteiger partial charge in [-0.15, -0.1) is 0 Å². The molecule has 8 nitrogen and oxygen atoms in total. The average Bonchev–Trinajstić information content (AvgIpc) is 2.60. The number of hydrogen-bond acceptors (Lipinski definition) is 6. The first-order valence-electron chi connectivity index (χ1n) is 6.75. The van der Waals surface area contributed by atoms with Gasteiger partial charge in [-0.25, -0.2) is 13.2 Å². The van der Waals surface area contributed by atoms with E-state index in [-0.39, 0.29) is 10.6 Å². The largest absolute Gasteiger partial charge is 0.445 e. The Balaban J connectivity index is 2.06. The zero-order valence-electron chi connectivity index (χ0n) is 12.7. The zero-order chi connectivity index (χ0) is 17.7. The summed E-state index contributed by atoms with van der Waals surface area (Å²) >= 11 is 0. The second-order valence-corrected chi connectivity index (χ2v) is 6.83. The lowest BCUT2D eigenvalue weighted by atomic mass is 10.2. The van der Waals surface area contributed by atoms with Crippen LogP contribution in [0.15, 0.2) is 59.5 Å². The van der Waals surface area contributed by atoms with Crippen LogP contribution in [0.3, 0.4) is 0 Å². The molecular weight excluding hydrogens is 336 g/mol. The minimum absolute atomic E-state index is 0.133. The van der Waals surface area contributed by atoms with Gasteiger partial charge in [-0.3, -0.25) is 10.1 Å². The Labute approximate surface area is 138 Å². The fraction of sp³-hybridized carbons (Fsp3) is 0.133. The molecule has 0 aromatic heterocycles. The quantitative estimate of drug-likeness (QED) is 0.341. The maximum absolute atomic E-state index is 12.3. The van der Waals surface area contributed by atoms with Crippen LogP contribution in [0, 0.1) is 10.1 Å². The molecule has 2 aromatic rings. The van der Waals surface area contributed by atoms with E-state index in [1.54, 1.807) is 30.3 Å². The van der Waals surface area contributed by atoms with Crippen LogP contribution >= 0.6 is 0 Å². The number of nitrogens with zero attached hydrogens (tertiary/aromatic N) is 2. The maximum atomic E-state index is 12.3. The van der Waals surface area contributed by atoms with Crippen molar-refractivity contribution < 1.29 is 22.9 Å². The summed E-state index contributed by atoms with van der Waals surface area (Å²) in [6, 6.07) is 12.6. The molecule has 0 aliphatic rings. The molecule has 0 fully saturated rings. The van der Waals surface area contributed by atoms with Crippen molar-refractivity contribution in [2.24, 2.45) is 0 Å². The SMILES string of the molecule is CN(COC(=O)c1ccccc1)S(=O)(=O)c1ccc([N+](=O)[O-])cc1. The number of nitro groups is 1. The van der Waals surface area contributed by atoms with Gasteiger partial charge in [0.2, 0.25) is 10.0 Å². The number of ether oxygens (including phenoxy) is 1. The third kappa shape index (κ3) is 3.94. The molecule has 0 saturated carbocycles. The molecular formula is C15H14N2O6S. The topological polar surface area (TPSA) is 107 Å². The van der Waals surface area contributed by atoms with Crippen molar-refractivity contribution in [2.75, 3.05) is 13.8 Å². The summed E-state index contributed by atoms with van der Waals surface area (Å²) in [5.41, 5.74) is 0.0887. The summed E-state index contributed by atoms with van der Waals surface area (Å²) < 4.78 is 30.5. The first-order valence-corrected chi connectivity index (χ1v) is 8.19. The summed E-state index contributed by atoms with van der Waals surface area (Å²) in [5.74, 6) is -0.652. The summed E-state index contributed by atoms with van der Waals surface area (Å²) in [7, 11) is -2.68. The average molecular weight is 350 g/mol. The molecule has 0 unspecified atom stereocenters. The minimum atomic E-state index is -3.93. The molecule has 0 atom stereocenters. The van der Waals surface area contributed by atoms with Crippen LogP contribution in [0.5, 0.6) is 0 Å². The van der Waals surface area contributed by atoms with Crippen molar-refractivity contribution in [3.8, 4) is 0 Å². The lowest BCUT2D eigenvalue weighted by molar-refractivity contribution is -0.384. The standard InChI is InChI=1S/C15H14N2O6S/c1-16(11-23-15(18)12-5-3-2-4-6-12)24(21,22)14-9-7-13(8-10-14)17(19)20/h2-10H,11H2,1H3. The van der Waals surface area contributed by atoms with Crippen LogP contribution in [-0.2, 0) is 14.8 Å². The normalized spacial score (nSPS) is 11.2. The van der Waals surface area contributed by atoms with Crippen molar-refractivity contribution in [1.29, 1.82) is 0 Å². The van der Waals surface area contributed by atoms with Crippen LogP contribution in [0.1, 0.15) is 10.4 Å². The van der Waals surface area contributed by atoms with E-state index in [0.717, 1.165) is 28.6 Å². The molecule has 24 heavy (non-hydrogen) atoms. The van der Waals surface area contributed by atoms with Gasteiger partial charge in [0.1, 0.15) is 0 Å². The summed E-state index contributed by atoms with van der Waals surface area (Å²) in [6.07, 6.45) is 0. The van der Waals surface area contributed by atoms with Gasteiger partial charge in [0.25, 0.3) is 5.69 Å². The van der Waals surface area contributed by atoms with Crippen molar-refractivity contribution in [2.45, 2.75) is 4.90 Å². The van der Waals surface area contributed by atoms with Gasteiger partial charge < -0.3 is 4.74 Å². The Kier molecular flexibility index (Phi) is 5.27. The molecule has 0 aliphatic heterocycles. The number of non-ortho nitro benzene ring substituents is 1. The lowest BCUT2D eigenvalue weighted by Crippen LogP contribution is -2.30. The Morgan fingerprint density at radius 3 is 2.25 bits per heavy atom. The maximum Gasteiger partial charge on any atom is 0.339 e. The fourth-order valence-corrected chi connectivity index (χ4v) is 2.83. The van der Waals surface area contributed by atoms with E-state index in [2.05, 4.69) is 0 Å². The zero-order valence-corrected chi connectivity index (χ0v) is 13.5. The summed E-state index contributed by atoms with van der Waals surface area (Å²) in [6.45, 7) is -0.479. The highest BCUT2D eigenvalue weighted by Gasteiger charge is 2.23. The van der Waals surface area contributed by atoms with Gasteiger partial charge in [0.05, 0.1) is 15.4 Å². The Bertz CT molecular complexity index is 834. The molecule has 0 saturated heterocycles. The number of carbonyl (C=O) groups excluding carboxylic acids is 1. The van der Waals surface area contributed by atoms with Crippen LogP contribution in [-0.4, -0.2) is 37.4 Å². The highest BCUT2D eigenvalue weighted by Crippen LogP contribution is 2.18. The number of rotatable bonds is 6. The Morgan fingerprint density at radius 2 is 1.71 bits per heavy atom. The number of benzene rings is 2. The molecule has 0 heterocycles. The monoisotopic (exact) mass is 350 g/mol. The van der Waals surface area contributed by atoms with Gasteiger partial charge >= 0.3 is 5.97 Å². The van der Waals surface area contributed by atoms with E-state index in [4.69, 9.17) is 4.74 Å². The van der Waals surface area contributed by atoms with E-state index in [9.17, 15) is 23.3 Å². The number of esters is 1. The van der Waals surface area contributed by atoms with Crippen molar-refractivity contribution in [3.05, 3.63) is 70.3 Å². The van der Waals surface area contributed by atoms with E-state index in [1.165, 1.54) is 7.05 Å². The van der Waals surface area contributed by atoms with Crippen LogP contribution in [0.25, 0.3) is 0 Å². The number of nitro benzene ring substituents is 1. The van der Waals surface area contributed by atoms with Crippen LogP contribution in [0.2, 0.25) is 0 Å². The number of hydrogen-bond donors (Lipinski definition) is 0. The Hall–Kier alpha value is -2.78. The molecule has 2 aromatic carbocycles. The third-order valence-electron chi connectivity index (χ3n) is 3.14. The molecule has 0 spiro atoms. The first kappa shape index (κ1) is 17.6. The second-order valence-electron chi connectivity index (χ2n) is 4.78. The third-order valence-corrected chi connectivity index (χ3v) is 4.94. The molecule has 0 amide bonds. The van der Waals surface area contributed by atoms with Gasteiger partial charge in [0.15, 0.2) is 6.73 Å². The second kappa shape index (κ2) is 7.20. The van der Waals surface area contributed by atoms with Crippen molar-refractivity contribution in [3.63, 3.8) is 0 Å². The van der Waals surface area contributed by atoms with Gasteiger partial charge in [-0.05, 0) is 24.3 Å². The summed E-state index contributed by atoms with van der Waals surface area (Å²) in [4.78, 5) is 21.7. The van der Waals surface area contributed by atoms with E-state index in [0.29, 0.717) is 5.56 Å². The molecule has 2 rings (SSSR count). The molecule has 0 N–H and O–H groups in total. The smallest absolute Gasteiger partial charge is 0.339 e. The summed E-state index contributed by atoms with van der Waals surface area (Å²) in [5, 5.41) is 10.6. The van der Waals surface area contributed by atoms with E-state index >= 15 is 0 Å². The molecule has 9 heteroatoms. The van der Waals surface area contributed by atoms with Gasteiger partial charge in [-0.1, -0.05) is 18.2 Å². The Morgan fingerprint density at radius 1 is 1.12 bits per heavy atom. The fourth-order valence-electron chi connectivity index (χ4n) is 1.80. The minimum Gasteiger partial charge on any atom is -0.445 e. The van der Waals surface area contributed by atoms with Crippen LogP contribution < -0.4 is 0 Å². The number of sulfonamides is 1. The van der Waals surface area contributed by atoms with Gasteiger partial charge in [0, 0.05) is 19.2 Å². The predicted octanol–water partition coefficient (Wildman–Crippen LogP) is 2.03. The molecule has 126 valence electrons. The highest BCUT2D eigenvalue weighted by atomic mass is 32.2. The number of carbonyl (C=O) groups is 1. The van der Waals surface area contributed by atoms with Gasteiger partial charge in [-0.2, -0.15) is 4.31 Å².